The van der Waals surface area contributed by atoms with Gasteiger partial charge in [0.15, 0.2) is 0 Å². The lowest BCUT2D eigenvalue weighted by Gasteiger charge is -2.24. The van der Waals surface area contributed by atoms with Gasteiger partial charge in [0.05, 0.1) is 5.56 Å². The first kappa shape index (κ1) is 16.8. The van der Waals surface area contributed by atoms with E-state index in [1.54, 1.807) is 12.1 Å². The Morgan fingerprint density at radius 1 is 1.33 bits per heavy atom. The Balaban J connectivity index is 0.00000289. The van der Waals surface area contributed by atoms with Crippen molar-refractivity contribution in [3.8, 4) is 0 Å². The third kappa shape index (κ3) is 4.22. The van der Waals surface area contributed by atoms with E-state index in [2.05, 4.69) is 13.8 Å². The Morgan fingerprint density at radius 3 is 2.44 bits per heavy atom. The maximum atomic E-state index is 12.3. The summed E-state index contributed by atoms with van der Waals surface area (Å²) in [4.78, 5) is 14.2. The van der Waals surface area contributed by atoms with Gasteiger partial charge < -0.3 is 10.6 Å². The van der Waals surface area contributed by atoms with Gasteiger partial charge in [-0.2, -0.15) is 0 Å². The van der Waals surface area contributed by atoms with Crippen LogP contribution in [0.1, 0.15) is 37.6 Å². The van der Waals surface area contributed by atoms with E-state index < -0.39 is 0 Å². The van der Waals surface area contributed by atoms with Crippen LogP contribution < -0.4 is 5.73 Å². The fourth-order valence-corrected chi connectivity index (χ4v) is 1.72. The van der Waals surface area contributed by atoms with Crippen molar-refractivity contribution in [2.24, 2.45) is 5.92 Å². The monoisotopic (exact) mass is 270 g/mol. The Morgan fingerprint density at radius 2 is 1.94 bits per heavy atom. The van der Waals surface area contributed by atoms with Crippen LogP contribution in [0.4, 0.5) is 5.69 Å². The number of para-hydroxylation sites is 1. The van der Waals surface area contributed by atoms with Crippen LogP contribution in [0.5, 0.6) is 0 Å². The zero-order valence-electron chi connectivity index (χ0n) is 11.3. The van der Waals surface area contributed by atoms with Gasteiger partial charge in [0, 0.05) is 18.8 Å². The third-order valence-corrected chi connectivity index (χ3v) is 3.09. The van der Waals surface area contributed by atoms with Crippen molar-refractivity contribution in [2.45, 2.75) is 27.2 Å². The molecular weight excluding hydrogens is 248 g/mol. The number of anilines is 1. The summed E-state index contributed by atoms with van der Waals surface area (Å²) in [5.41, 5.74) is 6.99. The van der Waals surface area contributed by atoms with Gasteiger partial charge in [-0.25, -0.2) is 0 Å². The molecule has 1 unspecified atom stereocenters. The van der Waals surface area contributed by atoms with Crippen molar-refractivity contribution in [2.75, 3.05) is 18.8 Å². The van der Waals surface area contributed by atoms with Gasteiger partial charge >= 0.3 is 0 Å². The van der Waals surface area contributed by atoms with Gasteiger partial charge in [-0.15, -0.1) is 12.4 Å². The predicted molar refractivity (Wildman–Crippen MR) is 79.1 cm³/mol. The quantitative estimate of drug-likeness (QED) is 0.835. The maximum absolute atomic E-state index is 12.3. The largest absolute Gasteiger partial charge is 0.398 e. The van der Waals surface area contributed by atoms with Crippen LogP contribution in [0.2, 0.25) is 0 Å². The zero-order chi connectivity index (χ0) is 12.8. The summed E-state index contributed by atoms with van der Waals surface area (Å²) in [5.74, 6) is 0.551. The minimum absolute atomic E-state index is 0. The first-order valence-corrected chi connectivity index (χ1v) is 6.23. The molecule has 1 rings (SSSR count). The average molecular weight is 271 g/mol. The molecule has 0 fully saturated rings. The standard InChI is InChI=1S/C14H22N2O.ClH/c1-4-11(3)10-16(5-2)14(17)12-8-6-7-9-13(12)15;/h6-9,11H,4-5,10,15H2,1-3H3;1H. The van der Waals surface area contributed by atoms with Gasteiger partial charge in [-0.05, 0) is 25.0 Å². The number of nitrogens with two attached hydrogens (primary N) is 1. The second-order valence-corrected chi connectivity index (χ2v) is 4.44. The summed E-state index contributed by atoms with van der Waals surface area (Å²) in [6, 6.07) is 7.25. The molecule has 0 aliphatic heterocycles. The first-order chi connectivity index (χ1) is 8.10. The third-order valence-electron chi connectivity index (χ3n) is 3.09. The molecule has 0 saturated carbocycles. The molecule has 0 aromatic heterocycles. The number of benzene rings is 1. The lowest BCUT2D eigenvalue weighted by Crippen LogP contribution is -2.34. The summed E-state index contributed by atoms with van der Waals surface area (Å²) in [5, 5.41) is 0. The summed E-state index contributed by atoms with van der Waals surface area (Å²) in [7, 11) is 0. The number of amides is 1. The van der Waals surface area contributed by atoms with Crippen LogP contribution in [-0.2, 0) is 0 Å². The van der Waals surface area contributed by atoms with E-state index in [1.165, 1.54) is 0 Å². The van der Waals surface area contributed by atoms with Crippen LogP contribution in [-0.4, -0.2) is 23.9 Å². The van der Waals surface area contributed by atoms with Crippen molar-refractivity contribution in [1.82, 2.24) is 4.90 Å². The van der Waals surface area contributed by atoms with Crippen molar-refractivity contribution < 1.29 is 4.79 Å². The highest BCUT2D eigenvalue weighted by Crippen LogP contribution is 2.15. The normalized spacial score (nSPS) is 11.5. The van der Waals surface area contributed by atoms with Crippen molar-refractivity contribution in [3.63, 3.8) is 0 Å². The van der Waals surface area contributed by atoms with E-state index in [0.717, 1.165) is 19.5 Å². The fraction of sp³-hybridized carbons (Fsp3) is 0.500. The summed E-state index contributed by atoms with van der Waals surface area (Å²) in [6.07, 6.45) is 1.08. The number of nitrogen functional groups attached to an aromatic ring is 1. The zero-order valence-corrected chi connectivity index (χ0v) is 12.2. The van der Waals surface area contributed by atoms with Crippen LogP contribution in [0.25, 0.3) is 0 Å². The molecule has 1 amide bonds. The summed E-state index contributed by atoms with van der Waals surface area (Å²) < 4.78 is 0. The second-order valence-electron chi connectivity index (χ2n) is 4.44. The number of hydrogen-bond donors (Lipinski definition) is 1. The number of nitrogens with zero attached hydrogens (tertiary/aromatic N) is 1. The maximum Gasteiger partial charge on any atom is 0.255 e. The molecule has 1 aromatic carbocycles. The molecule has 2 N–H and O–H groups in total. The number of carbonyl (C=O) groups is 1. The first-order valence-electron chi connectivity index (χ1n) is 6.23. The van der Waals surface area contributed by atoms with E-state index in [-0.39, 0.29) is 18.3 Å². The molecule has 18 heavy (non-hydrogen) atoms. The van der Waals surface area contributed by atoms with Crippen LogP contribution >= 0.6 is 12.4 Å². The highest BCUT2D eigenvalue weighted by molar-refractivity contribution is 5.99. The smallest absolute Gasteiger partial charge is 0.255 e. The van der Waals surface area contributed by atoms with Gasteiger partial charge in [0.2, 0.25) is 0 Å². The average Bonchev–Trinajstić information content (AvgIpc) is 2.35. The van der Waals surface area contributed by atoms with E-state index in [4.69, 9.17) is 5.73 Å². The molecule has 0 heterocycles. The number of halogens is 1. The van der Waals surface area contributed by atoms with Crippen molar-refractivity contribution in [3.05, 3.63) is 29.8 Å². The van der Waals surface area contributed by atoms with Crippen LogP contribution in [0.15, 0.2) is 24.3 Å². The topological polar surface area (TPSA) is 46.3 Å². The number of rotatable bonds is 5. The Labute approximate surface area is 116 Å². The molecule has 0 radical (unpaired) electrons. The summed E-state index contributed by atoms with van der Waals surface area (Å²) in [6.45, 7) is 7.81. The van der Waals surface area contributed by atoms with Crippen molar-refractivity contribution in [1.29, 1.82) is 0 Å². The molecule has 1 atom stereocenters. The Hall–Kier alpha value is -1.22. The van der Waals surface area contributed by atoms with E-state index in [9.17, 15) is 4.79 Å². The van der Waals surface area contributed by atoms with Gasteiger partial charge in [0.25, 0.3) is 5.91 Å². The van der Waals surface area contributed by atoms with Gasteiger partial charge in [-0.1, -0.05) is 32.4 Å². The molecule has 0 spiro atoms. The second kappa shape index (κ2) is 7.98. The lowest BCUT2D eigenvalue weighted by atomic mass is 10.1. The number of carbonyl (C=O) groups excluding carboxylic acids is 1. The highest BCUT2D eigenvalue weighted by atomic mass is 35.5. The minimum atomic E-state index is 0. The lowest BCUT2D eigenvalue weighted by molar-refractivity contribution is 0.0742. The van der Waals surface area contributed by atoms with Crippen LogP contribution in [0.3, 0.4) is 0 Å². The Kier molecular flexibility index (Phi) is 7.44. The fourth-order valence-electron chi connectivity index (χ4n) is 1.72. The molecular formula is C14H23ClN2O. The number of hydrogen-bond acceptors (Lipinski definition) is 2. The van der Waals surface area contributed by atoms with Gasteiger partial charge in [-0.3, -0.25) is 4.79 Å². The highest BCUT2D eigenvalue weighted by Gasteiger charge is 2.17. The molecule has 102 valence electrons. The Bertz CT molecular complexity index is 382. The summed E-state index contributed by atoms with van der Waals surface area (Å²) >= 11 is 0. The van der Waals surface area contributed by atoms with Gasteiger partial charge in [0.1, 0.15) is 0 Å². The van der Waals surface area contributed by atoms with Crippen LogP contribution in [0, 0.1) is 5.92 Å². The predicted octanol–water partition coefficient (Wildman–Crippen LogP) is 3.20. The van der Waals surface area contributed by atoms with Crippen molar-refractivity contribution >= 4 is 24.0 Å². The molecule has 0 aliphatic carbocycles. The molecule has 4 heteroatoms. The van der Waals surface area contributed by atoms with E-state index in [1.807, 2.05) is 24.0 Å². The SMILES string of the molecule is CCC(C)CN(CC)C(=O)c1ccccc1N.Cl. The molecule has 1 aromatic rings. The molecule has 0 bridgehead atoms. The molecule has 0 aliphatic rings. The van der Waals surface area contributed by atoms with E-state index in [0.29, 0.717) is 17.2 Å². The molecule has 0 saturated heterocycles. The minimum Gasteiger partial charge on any atom is -0.398 e. The van der Waals surface area contributed by atoms with E-state index >= 15 is 0 Å². The molecule has 3 nitrogen and oxygen atoms in total.